The molecule has 1 fully saturated rings. The molecule has 0 radical (unpaired) electrons. The minimum absolute atomic E-state index is 0.0859. The highest BCUT2D eigenvalue weighted by Gasteiger charge is 2.19. The number of carbonyl (C=O) groups is 1. The fraction of sp³-hybridized carbons (Fsp3) is 0.571. The monoisotopic (exact) mass is 265 g/mol. The number of aromatic carboxylic acids is 1. The van der Waals surface area contributed by atoms with Crippen molar-refractivity contribution < 1.29 is 19.7 Å². The van der Waals surface area contributed by atoms with Gasteiger partial charge in [-0.1, -0.05) is 25.7 Å². The molecule has 0 aromatic carbocycles. The van der Waals surface area contributed by atoms with Gasteiger partial charge in [-0.3, -0.25) is 4.98 Å². The molecule has 0 saturated heterocycles. The van der Waals surface area contributed by atoms with Gasteiger partial charge in [-0.15, -0.1) is 0 Å². The first-order valence-corrected chi connectivity index (χ1v) is 6.64. The van der Waals surface area contributed by atoms with Crippen LogP contribution in [0.2, 0.25) is 0 Å². The Hall–Kier alpha value is -1.62. The summed E-state index contributed by atoms with van der Waals surface area (Å²) in [6, 6.07) is 1.41. The molecule has 5 nitrogen and oxygen atoms in total. The van der Waals surface area contributed by atoms with Crippen molar-refractivity contribution in [2.24, 2.45) is 5.92 Å². The summed E-state index contributed by atoms with van der Waals surface area (Å²) >= 11 is 0. The Bertz CT molecular complexity index is 429. The van der Waals surface area contributed by atoms with Crippen LogP contribution in [0, 0.1) is 5.92 Å². The number of pyridine rings is 1. The number of aliphatic hydroxyl groups is 1. The fourth-order valence-corrected chi connectivity index (χ4v) is 2.51. The zero-order valence-electron chi connectivity index (χ0n) is 10.8. The van der Waals surface area contributed by atoms with E-state index in [0.29, 0.717) is 11.7 Å². The molecule has 19 heavy (non-hydrogen) atoms. The van der Waals surface area contributed by atoms with E-state index in [0.717, 1.165) is 6.42 Å². The Labute approximate surface area is 112 Å². The molecule has 0 aliphatic heterocycles. The number of carboxylic acid groups (broad SMARTS) is 1. The van der Waals surface area contributed by atoms with Crippen molar-refractivity contribution in [1.82, 2.24) is 4.98 Å². The topological polar surface area (TPSA) is 79.7 Å². The van der Waals surface area contributed by atoms with Crippen molar-refractivity contribution >= 4 is 5.97 Å². The molecule has 1 heterocycles. The molecule has 1 saturated carbocycles. The smallest absolute Gasteiger partial charge is 0.337 e. The maximum atomic E-state index is 10.8. The minimum atomic E-state index is -1.04. The Morgan fingerprint density at radius 2 is 2.16 bits per heavy atom. The van der Waals surface area contributed by atoms with Crippen LogP contribution >= 0.6 is 0 Å². The third-order valence-electron chi connectivity index (χ3n) is 3.48. The molecule has 1 aliphatic carbocycles. The van der Waals surface area contributed by atoms with E-state index < -0.39 is 12.1 Å². The van der Waals surface area contributed by atoms with Crippen molar-refractivity contribution in [2.45, 2.75) is 38.2 Å². The molecule has 5 heteroatoms. The zero-order chi connectivity index (χ0) is 13.7. The summed E-state index contributed by atoms with van der Waals surface area (Å²) in [5.41, 5.74) is 0.0859. The van der Waals surface area contributed by atoms with E-state index in [1.807, 2.05) is 0 Å². The first-order chi connectivity index (χ1) is 9.15. The van der Waals surface area contributed by atoms with Crippen molar-refractivity contribution in [1.29, 1.82) is 0 Å². The summed E-state index contributed by atoms with van der Waals surface area (Å²) in [4.78, 5) is 14.6. The number of carboxylic acids is 1. The molecule has 0 spiro atoms. The molecule has 1 unspecified atom stereocenters. The minimum Gasteiger partial charge on any atom is -0.489 e. The summed E-state index contributed by atoms with van der Waals surface area (Å²) in [6.45, 7) is 0.182. The highest BCUT2D eigenvalue weighted by atomic mass is 16.5. The second-order valence-electron chi connectivity index (χ2n) is 5.07. The number of rotatable bonds is 6. The van der Waals surface area contributed by atoms with Gasteiger partial charge in [0.05, 0.1) is 17.9 Å². The summed E-state index contributed by atoms with van der Waals surface area (Å²) in [7, 11) is 0. The van der Waals surface area contributed by atoms with Gasteiger partial charge in [0.1, 0.15) is 12.4 Å². The van der Waals surface area contributed by atoms with Crippen molar-refractivity contribution in [3.8, 4) is 5.75 Å². The zero-order valence-corrected chi connectivity index (χ0v) is 10.8. The molecule has 0 bridgehead atoms. The maximum absolute atomic E-state index is 10.8. The van der Waals surface area contributed by atoms with Crippen molar-refractivity contribution in [3.63, 3.8) is 0 Å². The van der Waals surface area contributed by atoms with Crippen LogP contribution in [0.15, 0.2) is 18.5 Å². The van der Waals surface area contributed by atoms with Crippen molar-refractivity contribution in [3.05, 3.63) is 24.0 Å². The molecule has 1 aromatic rings. The van der Waals surface area contributed by atoms with E-state index >= 15 is 0 Å². The number of hydrogen-bond donors (Lipinski definition) is 2. The van der Waals surface area contributed by atoms with E-state index in [1.54, 1.807) is 0 Å². The van der Waals surface area contributed by atoms with Crippen LogP contribution in [0.1, 0.15) is 42.5 Å². The number of aliphatic hydroxyl groups excluding tert-OH is 1. The first kappa shape index (κ1) is 13.8. The lowest BCUT2D eigenvalue weighted by molar-refractivity contribution is 0.0694. The van der Waals surface area contributed by atoms with Gasteiger partial charge in [-0.25, -0.2) is 4.79 Å². The molecular formula is C14H19NO4. The van der Waals surface area contributed by atoms with Crippen LogP contribution in [0.5, 0.6) is 5.75 Å². The lowest BCUT2D eigenvalue weighted by atomic mass is 10.0. The van der Waals surface area contributed by atoms with Crippen LogP contribution in [-0.2, 0) is 0 Å². The number of nitrogens with zero attached hydrogens (tertiary/aromatic N) is 1. The van der Waals surface area contributed by atoms with E-state index in [1.165, 1.54) is 44.1 Å². The highest BCUT2D eigenvalue weighted by molar-refractivity contribution is 5.87. The molecule has 1 aromatic heterocycles. The molecular weight excluding hydrogens is 246 g/mol. The Balaban J connectivity index is 1.80. The second-order valence-corrected chi connectivity index (χ2v) is 5.07. The van der Waals surface area contributed by atoms with Gasteiger partial charge in [0.2, 0.25) is 0 Å². The average molecular weight is 265 g/mol. The third-order valence-corrected chi connectivity index (χ3v) is 3.48. The molecule has 2 rings (SSSR count). The fourth-order valence-electron chi connectivity index (χ4n) is 2.51. The van der Waals surface area contributed by atoms with Crippen LogP contribution < -0.4 is 4.74 Å². The van der Waals surface area contributed by atoms with Gasteiger partial charge >= 0.3 is 5.97 Å². The van der Waals surface area contributed by atoms with Gasteiger partial charge in [0.15, 0.2) is 0 Å². The number of ether oxygens (including phenoxy) is 1. The number of hydrogen-bond acceptors (Lipinski definition) is 4. The van der Waals surface area contributed by atoms with E-state index in [4.69, 9.17) is 9.84 Å². The van der Waals surface area contributed by atoms with Crippen molar-refractivity contribution in [2.75, 3.05) is 6.61 Å². The second kappa shape index (κ2) is 6.52. The standard InChI is InChI=1S/C14H19NO4/c16-12(5-10-3-1-2-4-10)9-19-13-6-11(14(17)18)7-15-8-13/h6-8,10,12,16H,1-5,9H2,(H,17,18). The van der Waals surface area contributed by atoms with E-state index in [9.17, 15) is 9.90 Å². The van der Waals surface area contributed by atoms with Gasteiger partial charge < -0.3 is 14.9 Å². The predicted octanol–water partition coefficient (Wildman–Crippen LogP) is 2.10. The van der Waals surface area contributed by atoms with Gasteiger partial charge in [0.25, 0.3) is 0 Å². The van der Waals surface area contributed by atoms with Crippen LogP contribution in [-0.4, -0.2) is 33.9 Å². The summed E-state index contributed by atoms with van der Waals surface area (Å²) in [6.07, 6.45) is 7.85. The SMILES string of the molecule is O=C(O)c1cncc(OCC(O)CC2CCCC2)c1. The van der Waals surface area contributed by atoms with Crippen LogP contribution in [0.4, 0.5) is 0 Å². The average Bonchev–Trinajstić information content (AvgIpc) is 2.89. The van der Waals surface area contributed by atoms with Crippen LogP contribution in [0.25, 0.3) is 0 Å². The van der Waals surface area contributed by atoms with Gasteiger partial charge in [0, 0.05) is 6.20 Å². The summed E-state index contributed by atoms with van der Waals surface area (Å²) in [5, 5.41) is 18.7. The van der Waals surface area contributed by atoms with Crippen LogP contribution in [0.3, 0.4) is 0 Å². The molecule has 1 atom stereocenters. The molecule has 104 valence electrons. The third kappa shape index (κ3) is 4.21. The summed E-state index contributed by atoms with van der Waals surface area (Å²) < 4.78 is 5.39. The quantitative estimate of drug-likeness (QED) is 0.823. The normalized spacial score (nSPS) is 17.3. The molecule has 0 amide bonds. The summed E-state index contributed by atoms with van der Waals surface area (Å²) in [5.74, 6) is -0.0584. The van der Waals surface area contributed by atoms with E-state index in [2.05, 4.69) is 4.98 Å². The molecule has 1 aliphatic rings. The number of aromatic nitrogens is 1. The molecule has 2 N–H and O–H groups in total. The lowest BCUT2D eigenvalue weighted by Gasteiger charge is -2.16. The first-order valence-electron chi connectivity index (χ1n) is 6.64. The van der Waals surface area contributed by atoms with E-state index in [-0.39, 0.29) is 12.2 Å². The highest BCUT2D eigenvalue weighted by Crippen LogP contribution is 2.28. The Morgan fingerprint density at radius 1 is 1.42 bits per heavy atom. The Morgan fingerprint density at radius 3 is 2.84 bits per heavy atom. The largest absolute Gasteiger partial charge is 0.489 e. The van der Waals surface area contributed by atoms with Gasteiger partial charge in [-0.05, 0) is 18.4 Å². The lowest BCUT2D eigenvalue weighted by Crippen LogP contribution is -2.20. The Kier molecular flexibility index (Phi) is 4.74. The van der Waals surface area contributed by atoms with Gasteiger partial charge in [-0.2, -0.15) is 0 Å². The predicted molar refractivity (Wildman–Crippen MR) is 69.3 cm³/mol. The maximum Gasteiger partial charge on any atom is 0.337 e.